The maximum Gasteiger partial charge on any atom is 0.264 e. The van der Waals surface area contributed by atoms with E-state index in [1.54, 1.807) is 4.72 Å². The third kappa shape index (κ3) is 3.14. The predicted octanol–water partition coefficient (Wildman–Crippen LogP) is 0.515. The fourth-order valence-corrected chi connectivity index (χ4v) is 1.31. The Morgan fingerprint density at radius 1 is 1.43 bits per heavy atom. The minimum Gasteiger partial charge on any atom is -0.268 e. The first-order valence-corrected chi connectivity index (χ1v) is 5.55. The summed E-state index contributed by atoms with van der Waals surface area (Å²) in [5.74, 6) is -1.43. The minimum absolute atomic E-state index is 0.0320. The third-order valence-electron chi connectivity index (χ3n) is 1.36. The first-order valence-electron chi connectivity index (χ1n) is 3.66. The summed E-state index contributed by atoms with van der Waals surface area (Å²) in [4.78, 5) is 11.2. The van der Waals surface area contributed by atoms with E-state index in [0.717, 1.165) is 18.4 Å². The lowest BCUT2D eigenvalue weighted by molar-refractivity contribution is 0.0981. The topological polar surface area (TPSA) is 63.2 Å². The molecular formula is C8H8FNO3S. The van der Waals surface area contributed by atoms with Crippen LogP contribution in [0.3, 0.4) is 0 Å². The molecular weight excluding hydrogens is 209 g/mol. The molecule has 1 N–H and O–H groups in total. The SMILES string of the molecule is CS(=O)(=O)NC(=O)c1cccc(F)c1. The summed E-state index contributed by atoms with van der Waals surface area (Å²) in [7, 11) is -3.61. The Hall–Kier alpha value is -1.43. The van der Waals surface area contributed by atoms with Gasteiger partial charge in [-0.25, -0.2) is 17.5 Å². The summed E-state index contributed by atoms with van der Waals surface area (Å²) >= 11 is 0. The van der Waals surface area contributed by atoms with Crippen molar-refractivity contribution in [2.75, 3.05) is 6.26 Å². The van der Waals surface area contributed by atoms with Crippen LogP contribution in [0.1, 0.15) is 10.4 Å². The van der Waals surface area contributed by atoms with Crippen LogP contribution in [-0.4, -0.2) is 20.6 Å². The number of amides is 1. The Morgan fingerprint density at radius 3 is 2.57 bits per heavy atom. The average Bonchev–Trinajstić information content (AvgIpc) is 2.01. The van der Waals surface area contributed by atoms with E-state index in [4.69, 9.17) is 0 Å². The summed E-state index contributed by atoms with van der Waals surface area (Å²) in [6.45, 7) is 0. The van der Waals surface area contributed by atoms with Crippen LogP contribution in [0.4, 0.5) is 4.39 Å². The maximum absolute atomic E-state index is 12.6. The molecule has 1 aromatic rings. The van der Waals surface area contributed by atoms with E-state index in [2.05, 4.69) is 0 Å². The van der Waals surface area contributed by atoms with Gasteiger partial charge in [-0.15, -0.1) is 0 Å². The Morgan fingerprint density at radius 2 is 2.07 bits per heavy atom. The van der Waals surface area contributed by atoms with Crippen molar-refractivity contribution in [1.29, 1.82) is 0 Å². The van der Waals surface area contributed by atoms with Gasteiger partial charge in [-0.3, -0.25) is 4.79 Å². The monoisotopic (exact) mass is 217 g/mol. The van der Waals surface area contributed by atoms with Crippen LogP contribution >= 0.6 is 0 Å². The van der Waals surface area contributed by atoms with Crippen molar-refractivity contribution < 1.29 is 17.6 Å². The van der Waals surface area contributed by atoms with E-state index in [0.29, 0.717) is 0 Å². The van der Waals surface area contributed by atoms with E-state index in [9.17, 15) is 17.6 Å². The number of sulfonamides is 1. The van der Waals surface area contributed by atoms with Gasteiger partial charge < -0.3 is 0 Å². The van der Waals surface area contributed by atoms with Gasteiger partial charge in [0.2, 0.25) is 10.0 Å². The summed E-state index contributed by atoms with van der Waals surface area (Å²) < 4.78 is 35.7. The van der Waals surface area contributed by atoms with Crippen LogP contribution in [0.25, 0.3) is 0 Å². The molecule has 0 aliphatic carbocycles. The highest BCUT2D eigenvalue weighted by Crippen LogP contribution is 2.03. The molecule has 0 spiro atoms. The van der Waals surface area contributed by atoms with Crippen LogP contribution < -0.4 is 4.72 Å². The maximum atomic E-state index is 12.6. The molecule has 0 radical (unpaired) electrons. The number of benzene rings is 1. The number of rotatable bonds is 2. The molecule has 1 rings (SSSR count). The average molecular weight is 217 g/mol. The molecule has 1 aromatic carbocycles. The third-order valence-corrected chi connectivity index (χ3v) is 1.92. The fraction of sp³-hybridized carbons (Fsp3) is 0.125. The number of hydrogen-bond donors (Lipinski definition) is 1. The van der Waals surface area contributed by atoms with Gasteiger partial charge in [0, 0.05) is 5.56 Å². The van der Waals surface area contributed by atoms with Gasteiger partial charge in [-0.1, -0.05) is 6.07 Å². The van der Waals surface area contributed by atoms with E-state index in [-0.39, 0.29) is 5.56 Å². The molecule has 0 unspecified atom stereocenters. The van der Waals surface area contributed by atoms with Gasteiger partial charge in [0.1, 0.15) is 5.82 Å². The van der Waals surface area contributed by atoms with E-state index >= 15 is 0 Å². The highest BCUT2D eigenvalue weighted by atomic mass is 32.2. The van der Waals surface area contributed by atoms with Crippen LogP contribution in [0.5, 0.6) is 0 Å². The van der Waals surface area contributed by atoms with Crippen molar-refractivity contribution in [3.8, 4) is 0 Å². The lowest BCUT2D eigenvalue weighted by atomic mass is 10.2. The molecule has 0 fully saturated rings. The molecule has 0 saturated carbocycles. The molecule has 0 saturated heterocycles. The van der Waals surface area contributed by atoms with E-state index in [1.165, 1.54) is 12.1 Å². The standard InChI is InChI=1S/C8H8FNO3S/c1-14(12,13)10-8(11)6-3-2-4-7(9)5-6/h2-5H,1H3,(H,10,11). The smallest absolute Gasteiger partial charge is 0.264 e. The molecule has 76 valence electrons. The molecule has 4 nitrogen and oxygen atoms in total. The van der Waals surface area contributed by atoms with Crippen molar-refractivity contribution in [3.05, 3.63) is 35.6 Å². The number of carbonyl (C=O) groups excluding carboxylic acids is 1. The number of nitrogens with one attached hydrogen (secondary N) is 1. The fourth-order valence-electron chi connectivity index (χ4n) is 0.857. The summed E-state index contributed by atoms with van der Waals surface area (Å²) in [5.41, 5.74) is -0.0320. The summed E-state index contributed by atoms with van der Waals surface area (Å²) in [6, 6.07) is 4.77. The van der Waals surface area contributed by atoms with Gasteiger partial charge in [0.15, 0.2) is 0 Å². The zero-order valence-electron chi connectivity index (χ0n) is 7.32. The lowest BCUT2D eigenvalue weighted by Crippen LogP contribution is -2.29. The molecule has 0 atom stereocenters. The zero-order chi connectivity index (χ0) is 10.8. The first kappa shape index (κ1) is 10.6. The molecule has 0 aliphatic heterocycles. The molecule has 0 aliphatic rings. The van der Waals surface area contributed by atoms with Gasteiger partial charge >= 0.3 is 0 Å². The van der Waals surface area contributed by atoms with Crippen LogP contribution in [0.2, 0.25) is 0 Å². The van der Waals surface area contributed by atoms with Gasteiger partial charge in [0.25, 0.3) is 5.91 Å². The number of carbonyl (C=O) groups is 1. The second kappa shape index (κ2) is 3.75. The van der Waals surface area contributed by atoms with Gasteiger partial charge in [0.05, 0.1) is 6.26 Å². The van der Waals surface area contributed by atoms with Crippen molar-refractivity contribution in [2.45, 2.75) is 0 Å². The van der Waals surface area contributed by atoms with Crippen LogP contribution in [0, 0.1) is 5.82 Å². The van der Waals surface area contributed by atoms with Crippen molar-refractivity contribution in [3.63, 3.8) is 0 Å². The highest BCUT2D eigenvalue weighted by molar-refractivity contribution is 7.89. The Balaban J connectivity index is 2.91. The lowest BCUT2D eigenvalue weighted by Gasteiger charge is -2.01. The zero-order valence-corrected chi connectivity index (χ0v) is 8.14. The molecule has 6 heteroatoms. The molecule has 0 heterocycles. The van der Waals surface area contributed by atoms with Gasteiger partial charge in [-0.05, 0) is 18.2 Å². The normalized spacial score (nSPS) is 11.0. The first-order chi connectivity index (χ1) is 6.38. The van der Waals surface area contributed by atoms with Crippen molar-refractivity contribution in [2.24, 2.45) is 0 Å². The molecule has 0 aromatic heterocycles. The Labute approximate surface area is 80.8 Å². The summed E-state index contributed by atoms with van der Waals surface area (Å²) in [5, 5.41) is 0. The number of hydrogen-bond acceptors (Lipinski definition) is 3. The minimum atomic E-state index is -3.61. The summed E-state index contributed by atoms with van der Waals surface area (Å²) in [6.07, 6.45) is 0.851. The van der Waals surface area contributed by atoms with Crippen molar-refractivity contribution in [1.82, 2.24) is 4.72 Å². The van der Waals surface area contributed by atoms with Crippen LogP contribution in [0.15, 0.2) is 24.3 Å². The Bertz CT molecular complexity index is 455. The quantitative estimate of drug-likeness (QED) is 0.785. The molecule has 1 amide bonds. The van der Waals surface area contributed by atoms with Gasteiger partial charge in [-0.2, -0.15) is 0 Å². The second-order valence-electron chi connectivity index (χ2n) is 2.71. The highest BCUT2D eigenvalue weighted by Gasteiger charge is 2.10. The molecule has 14 heavy (non-hydrogen) atoms. The Kier molecular flexibility index (Phi) is 2.85. The van der Waals surface area contributed by atoms with E-state index < -0.39 is 21.7 Å². The second-order valence-corrected chi connectivity index (χ2v) is 4.46. The molecule has 0 bridgehead atoms. The predicted molar refractivity (Wildman–Crippen MR) is 48.7 cm³/mol. The van der Waals surface area contributed by atoms with Crippen molar-refractivity contribution >= 4 is 15.9 Å². The van der Waals surface area contributed by atoms with Crippen LogP contribution in [-0.2, 0) is 10.0 Å². The number of halogens is 1. The largest absolute Gasteiger partial charge is 0.268 e. The van der Waals surface area contributed by atoms with E-state index in [1.807, 2.05) is 0 Å².